The van der Waals surface area contributed by atoms with E-state index >= 15 is 0 Å². The van der Waals surface area contributed by atoms with Crippen molar-refractivity contribution in [2.45, 2.75) is 12.3 Å². The fraction of sp³-hybridized carbons (Fsp3) is 0.167. The van der Waals surface area contributed by atoms with Crippen LogP contribution in [0.1, 0.15) is 22.9 Å². The molecule has 88 valence electrons. The highest BCUT2D eigenvalue weighted by molar-refractivity contribution is 9.10. The van der Waals surface area contributed by atoms with Gasteiger partial charge in [-0.1, -0.05) is 28.1 Å². The lowest BCUT2D eigenvalue weighted by Gasteiger charge is -2.12. The number of hydrogen-bond acceptors (Lipinski definition) is 3. The largest absolute Gasteiger partial charge is 0.481 e. The average Bonchev–Trinajstić information content (AvgIpc) is 2.79. The Labute approximate surface area is 111 Å². The van der Waals surface area contributed by atoms with Crippen LogP contribution in [0.25, 0.3) is 0 Å². The van der Waals surface area contributed by atoms with Crippen LogP contribution in [0, 0.1) is 0 Å². The summed E-state index contributed by atoms with van der Waals surface area (Å²) in [5, 5.41) is 11.7. The number of nitrogens with zero attached hydrogens (tertiary/aromatic N) is 1. The quantitative estimate of drug-likeness (QED) is 0.940. The molecule has 2 aromatic rings. The summed E-state index contributed by atoms with van der Waals surface area (Å²) in [6.07, 6.45) is 1.76. The molecule has 1 heterocycles. The number of carbonyl (C=O) groups is 1. The van der Waals surface area contributed by atoms with Gasteiger partial charge in [0.25, 0.3) is 0 Å². The van der Waals surface area contributed by atoms with Crippen LogP contribution in [0.2, 0.25) is 0 Å². The fourth-order valence-electron chi connectivity index (χ4n) is 1.65. The summed E-state index contributed by atoms with van der Waals surface area (Å²) in [4.78, 5) is 15.1. The molecule has 0 saturated carbocycles. The maximum absolute atomic E-state index is 10.9. The van der Waals surface area contributed by atoms with Gasteiger partial charge in [0.15, 0.2) is 0 Å². The third kappa shape index (κ3) is 3.14. The SMILES string of the molecule is O=C(O)C[C@@H](c1cccc(Br)c1)c1nccs1. The van der Waals surface area contributed by atoms with E-state index in [0.717, 1.165) is 15.0 Å². The van der Waals surface area contributed by atoms with Crippen LogP contribution in [0.5, 0.6) is 0 Å². The third-order valence-corrected chi connectivity index (χ3v) is 3.76. The normalized spacial score (nSPS) is 12.3. The molecule has 0 saturated heterocycles. The van der Waals surface area contributed by atoms with Crippen molar-refractivity contribution in [3.8, 4) is 0 Å². The van der Waals surface area contributed by atoms with Crippen LogP contribution >= 0.6 is 27.3 Å². The monoisotopic (exact) mass is 311 g/mol. The first-order chi connectivity index (χ1) is 8.16. The number of benzene rings is 1. The van der Waals surface area contributed by atoms with Gasteiger partial charge in [0, 0.05) is 22.0 Å². The molecule has 3 nitrogen and oxygen atoms in total. The van der Waals surface area contributed by atoms with E-state index in [1.807, 2.05) is 29.6 Å². The highest BCUT2D eigenvalue weighted by atomic mass is 79.9. The molecule has 0 aliphatic carbocycles. The molecule has 1 N–H and O–H groups in total. The second kappa shape index (κ2) is 5.42. The zero-order valence-corrected chi connectivity index (χ0v) is 11.2. The van der Waals surface area contributed by atoms with Gasteiger partial charge in [0.05, 0.1) is 6.42 Å². The van der Waals surface area contributed by atoms with E-state index in [2.05, 4.69) is 20.9 Å². The Morgan fingerprint density at radius 1 is 1.53 bits per heavy atom. The van der Waals surface area contributed by atoms with Gasteiger partial charge in [0.2, 0.25) is 0 Å². The highest BCUT2D eigenvalue weighted by Crippen LogP contribution is 2.30. The number of carboxylic acid groups (broad SMARTS) is 1. The van der Waals surface area contributed by atoms with Crippen LogP contribution < -0.4 is 0 Å². The first-order valence-corrected chi connectivity index (χ1v) is 6.70. The number of carboxylic acids is 1. The van der Waals surface area contributed by atoms with E-state index in [4.69, 9.17) is 5.11 Å². The van der Waals surface area contributed by atoms with Crippen LogP contribution in [0.15, 0.2) is 40.3 Å². The Morgan fingerprint density at radius 3 is 2.94 bits per heavy atom. The Balaban J connectivity index is 2.36. The Bertz CT molecular complexity index is 513. The van der Waals surface area contributed by atoms with Crippen molar-refractivity contribution < 1.29 is 9.90 Å². The lowest BCUT2D eigenvalue weighted by molar-refractivity contribution is -0.137. The predicted molar refractivity (Wildman–Crippen MR) is 70.4 cm³/mol. The van der Waals surface area contributed by atoms with E-state index in [-0.39, 0.29) is 12.3 Å². The summed E-state index contributed by atoms with van der Waals surface area (Å²) >= 11 is 4.88. The molecule has 17 heavy (non-hydrogen) atoms. The molecule has 0 amide bonds. The van der Waals surface area contributed by atoms with Gasteiger partial charge in [-0.2, -0.15) is 0 Å². The van der Waals surface area contributed by atoms with Gasteiger partial charge in [-0.25, -0.2) is 4.98 Å². The van der Waals surface area contributed by atoms with Crippen LogP contribution in [-0.4, -0.2) is 16.1 Å². The van der Waals surface area contributed by atoms with Crippen LogP contribution in [0.4, 0.5) is 0 Å². The first kappa shape index (κ1) is 12.3. The number of rotatable bonds is 4. The van der Waals surface area contributed by atoms with Crippen molar-refractivity contribution >= 4 is 33.2 Å². The molecule has 0 unspecified atom stereocenters. The van der Waals surface area contributed by atoms with Crippen molar-refractivity contribution in [2.24, 2.45) is 0 Å². The number of thiazole rings is 1. The van der Waals surface area contributed by atoms with Crippen LogP contribution in [-0.2, 0) is 4.79 Å². The maximum Gasteiger partial charge on any atom is 0.304 e. The van der Waals surface area contributed by atoms with E-state index in [0.29, 0.717) is 0 Å². The molecule has 1 aromatic carbocycles. The lowest BCUT2D eigenvalue weighted by Crippen LogP contribution is -2.07. The average molecular weight is 312 g/mol. The van der Waals surface area contributed by atoms with Gasteiger partial charge < -0.3 is 5.11 Å². The van der Waals surface area contributed by atoms with Gasteiger partial charge >= 0.3 is 5.97 Å². The fourth-order valence-corrected chi connectivity index (χ4v) is 2.84. The van der Waals surface area contributed by atoms with E-state index in [1.165, 1.54) is 11.3 Å². The van der Waals surface area contributed by atoms with Gasteiger partial charge in [-0.3, -0.25) is 4.79 Å². The minimum Gasteiger partial charge on any atom is -0.481 e. The molecule has 1 atom stereocenters. The maximum atomic E-state index is 10.9. The molecule has 0 aliphatic heterocycles. The molecule has 2 rings (SSSR count). The molecule has 5 heteroatoms. The summed E-state index contributed by atoms with van der Waals surface area (Å²) in [7, 11) is 0. The van der Waals surface area contributed by atoms with E-state index < -0.39 is 5.97 Å². The molecular formula is C12H10BrNO2S. The summed E-state index contributed by atoms with van der Waals surface area (Å²) in [6, 6.07) is 7.69. The lowest BCUT2D eigenvalue weighted by atomic mass is 9.96. The third-order valence-electron chi connectivity index (χ3n) is 2.38. The van der Waals surface area contributed by atoms with E-state index in [9.17, 15) is 4.79 Å². The number of aromatic nitrogens is 1. The predicted octanol–water partition coefficient (Wildman–Crippen LogP) is 3.51. The van der Waals surface area contributed by atoms with E-state index in [1.54, 1.807) is 6.20 Å². The zero-order chi connectivity index (χ0) is 12.3. The summed E-state index contributed by atoms with van der Waals surface area (Å²) < 4.78 is 0.946. The van der Waals surface area contributed by atoms with Crippen LogP contribution in [0.3, 0.4) is 0 Å². The smallest absolute Gasteiger partial charge is 0.304 e. The Kier molecular flexibility index (Phi) is 3.91. The first-order valence-electron chi connectivity index (χ1n) is 5.03. The summed E-state index contributed by atoms with van der Waals surface area (Å²) in [6.45, 7) is 0. The second-order valence-electron chi connectivity index (χ2n) is 3.58. The zero-order valence-electron chi connectivity index (χ0n) is 8.84. The summed E-state index contributed by atoms with van der Waals surface area (Å²) in [5.74, 6) is -0.991. The Hall–Kier alpha value is -1.20. The molecule has 0 aliphatic rings. The van der Waals surface area contributed by atoms with Gasteiger partial charge in [-0.15, -0.1) is 11.3 Å². The topological polar surface area (TPSA) is 50.2 Å². The number of aliphatic carboxylic acids is 1. The number of hydrogen-bond donors (Lipinski definition) is 1. The standard InChI is InChI=1S/C12H10BrNO2S/c13-9-3-1-2-8(6-9)10(7-11(15)16)12-14-4-5-17-12/h1-6,10H,7H2,(H,15,16)/t10-/m0/s1. The van der Waals surface area contributed by atoms with Crippen molar-refractivity contribution in [3.63, 3.8) is 0 Å². The molecule has 0 spiro atoms. The molecular weight excluding hydrogens is 302 g/mol. The second-order valence-corrected chi connectivity index (χ2v) is 5.42. The molecule has 0 radical (unpaired) electrons. The molecule has 0 bridgehead atoms. The minimum atomic E-state index is -0.815. The van der Waals surface area contributed by atoms with Crippen molar-refractivity contribution in [3.05, 3.63) is 50.9 Å². The van der Waals surface area contributed by atoms with Crippen molar-refractivity contribution in [1.82, 2.24) is 4.98 Å². The van der Waals surface area contributed by atoms with Crippen molar-refractivity contribution in [1.29, 1.82) is 0 Å². The number of halogens is 1. The molecule has 1 aromatic heterocycles. The minimum absolute atomic E-state index is 0.0595. The summed E-state index contributed by atoms with van der Waals surface area (Å²) in [5.41, 5.74) is 0.969. The van der Waals surface area contributed by atoms with Gasteiger partial charge in [-0.05, 0) is 17.7 Å². The Morgan fingerprint density at radius 2 is 2.35 bits per heavy atom. The highest BCUT2D eigenvalue weighted by Gasteiger charge is 2.20. The van der Waals surface area contributed by atoms with Crippen molar-refractivity contribution in [2.75, 3.05) is 0 Å². The molecule has 0 fully saturated rings. The van der Waals surface area contributed by atoms with Gasteiger partial charge in [0.1, 0.15) is 5.01 Å².